The quantitative estimate of drug-likeness (QED) is 0.471. The molecule has 1 aliphatic rings. The van der Waals surface area contributed by atoms with Gasteiger partial charge in [-0.05, 0) is 19.3 Å². The number of nitro groups is 1. The summed E-state index contributed by atoms with van der Waals surface area (Å²) >= 11 is 0. The number of nitrogens with zero attached hydrogens (tertiary/aromatic N) is 2. The van der Waals surface area contributed by atoms with Crippen LogP contribution in [0.3, 0.4) is 0 Å². The molecule has 2 N–H and O–H groups in total. The summed E-state index contributed by atoms with van der Waals surface area (Å²) in [6, 6.07) is 3.40. The summed E-state index contributed by atoms with van der Waals surface area (Å²) in [7, 11) is 0. The fourth-order valence-corrected chi connectivity index (χ4v) is 2.67. The summed E-state index contributed by atoms with van der Waals surface area (Å²) in [6.07, 6.45) is 8.18. The van der Waals surface area contributed by atoms with Crippen LogP contribution in [0.4, 0.5) is 17.3 Å². The van der Waals surface area contributed by atoms with Gasteiger partial charge in [-0.2, -0.15) is 0 Å². The molecule has 1 heterocycles. The van der Waals surface area contributed by atoms with Gasteiger partial charge >= 0.3 is 0 Å². The molecule has 0 spiro atoms. The molecule has 1 aromatic heterocycles. The monoisotopic (exact) mass is 292 g/mol. The van der Waals surface area contributed by atoms with Gasteiger partial charge in [0.05, 0.1) is 17.1 Å². The molecule has 1 aliphatic carbocycles. The normalized spacial score (nSPS) is 16.2. The molecular weight excluding hydrogens is 268 g/mol. The van der Waals surface area contributed by atoms with Crippen LogP contribution in [0.1, 0.15) is 51.9 Å². The number of pyridine rings is 1. The average Bonchev–Trinajstić information content (AvgIpc) is 2.73. The Morgan fingerprint density at radius 1 is 1.24 bits per heavy atom. The highest BCUT2D eigenvalue weighted by atomic mass is 16.6. The summed E-state index contributed by atoms with van der Waals surface area (Å²) in [5.41, 5.74) is 0.0831. The van der Waals surface area contributed by atoms with Crippen LogP contribution in [0.5, 0.6) is 0 Å². The van der Waals surface area contributed by atoms with Crippen molar-refractivity contribution >= 4 is 17.3 Å². The Hall–Kier alpha value is -1.85. The van der Waals surface area contributed by atoms with Gasteiger partial charge in [0, 0.05) is 12.6 Å². The van der Waals surface area contributed by atoms with Gasteiger partial charge in [-0.3, -0.25) is 10.1 Å². The number of anilines is 2. The lowest BCUT2D eigenvalue weighted by molar-refractivity contribution is -0.384. The largest absolute Gasteiger partial charge is 0.370 e. The zero-order valence-corrected chi connectivity index (χ0v) is 12.6. The van der Waals surface area contributed by atoms with E-state index in [1.165, 1.54) is 37.8 Å². The molecule has 0 amide bonds. The minimum absolute atomic E-state index is 0.0831. The highest BCUT2D eigenvalue weighted by Crippen LogP contribution is 2.24. The van der Waals surface area contributed by atoms with Crippen LogP contribution in [-0.4, -0.2) is 22.5 Å². The summed E-state index contributed by atoms with van der Waals surface area (Å²) in [5, 5.41) is 17.6. The third-order valence-corrected chi connectivity index (χ3v) is 3.78. The van der Waals surface area contributed by atoms with E-state index in [1.54, 1.807) is 0 Å². The molecule has 1 aromatic rings. The Kier molecular flexibility index (Phi) is 5.78. The highest BCUT2D eigenvalue weighted by molar-refractivity contribution is 5.55. The summed E-state index contributed by atoms with van der Waals surface area (Å²) in [6.45, 7) is 2.81. The number of nitrogens with one attached hydrogen (secondary N) is 2. The van der Waals surface area contributed by atoms with E-state index < -0.39 is 0 Å². The Bertz CT molecular complexity index is 471. The first-order valence-electron chi connectivity index (χ1n) is 7.86. The standard InChI is InChI=1S/C15H24N4O2/c1-2-9-16-14-10-13(19(20)21)11-15(18-14)17-12-7-5-3-4-6-8-12/h10-12H,2-9H2,1H3,(H2,16,17,18). The minimum Gasteiger partial charge on any atom is -0.370 e. The SMILES string of the molecule is CCCNc1cc([N+](=O)[O-])cc(NC2CCCCCC2)n1. The van der Waals surface area contributed by atoms with Gasteiger partial charge < -0.3 is 10.6 Å². The zero-order chi connectivity index (χ0) is 15.1. The first-order valence-corrected chi connectivity index (χ1v) is 7.86. The number of rotatable bonds is 6. The second-order valence-corrected chi connectivity index (χ2v) is 5.61. The van der Waals surface area contributed by atoms with E-state index in [0.29, 0.717) is 17.7 Å². The second kappa shape index (κ2) is 7.81. The molecule has 6 heteroatoms. The molecule has 116 valence electrons. The third-order valence-electron chi connectivity index (χ3n) is 3.78. The van der Waals surface area contributed by atoms with Crippen LogP contribution in [0, 0.1) is 10.1 Å². The maximum atomic E-state index is 11.0. The topological polar surface area (TPSA) is 80.1 Å². The van der Waals surface area contributed by atoms with Gasteiger partial charge in [0.25, 0.3) is 5.69 Å². The lowest BCUT2D eigenvalue weighted by atomic mass is 10.1. The molecule has 6 nitrogen and oxygen atoms in total. The smallest absolute Gasteiger partial charge is 0.276 e. The molecule has 2 rings (SSSR count). The molecule has 0 bridgehead atoms. The summed E-state index contributed by atoms with van der Waals surface area (Å²) < 4.78 is 0. The Balaban J connectivity index is 2.12. The summed E-state index contributed by atoms with van der Waals surface area (Å²) in [4.78, 5) is 15.1. The second-order valence-electron chi connectivity index (χ2n) is 5.61. The van der Waals surface area contributed by atoms with Gasteiger partial charge in [-0.25, -0.2) is 4.98 Å². The third kappa shape index (κ3) is 4.88. The molecule has 1 fully saturated rings. The van der Waals surface area contributed by atoms with Crippen LogP contribution in [-0.2, 0) is 0 Å². The van der Waals surface area contributed by atoms with Crippen molar-refractivity contribution in [2.45, 2.75) is 57.9 Å². The molecule has 0 saturated heterocycles. The van der Waals surface area contributed by atoms with E-state index in [2.05, 4.69) is 22.5 Å². The minimum atomic E-state index is -0.364. The van der Waals surface area contributed by atoms with E-state index in [-0.39, 0.29) is 10.6 Å². The Morgan fingerprint density at radius 2 is 1.90 bits per heavy atom. The number of hydrogen-bond donors (Lipinski definition) is 2. The van der Waals surface area contributed by atoms with Crippen LogP contribution < -0.4 is 10.6 Å². The van der Waals surface area contributed by atoms with E-state index in [9.17, 15) is 10.1 Å². The molecule has 1 saturated carbocycles. The molecule has 21 heavy (non-hydrogen) atoms. The van der Waals surface area contributed by atoms with Crippen molar-refractivity contribution in [3.63, 3.8) is 0 Å². The first kappa shape index (κ1) is 15.5. The number of aromatic nitrogens is 1. The maximum absolute atomic E-state index is 11.0. The lowest BCUT2D eigenvalue weighted by Crippen LogP contribution is -2.19. The van der Waals surface area contributed by atoms with Gasteiger partial charge in [0.1, 0.15) is 11.6 Å². The van der Waals surface area contributed by atoms with Crippen molar-refractivity contribution in [1.82, 2.24) is 4.98 Å². The van der Waals surface area contributed by atoms with Crippen LogP contribution in [0.25, 0.3) is 0 Å². The Morgan fingerprint density at radius 3 is 2.52 bits per heavy atom. The van der Waals surface area contributed by atoms with Gasteiger partial charge in [0.2, 0.25) is 0 Å². The first-order chi connectivity index (χ1) is 10.2. The maximum Gasteiger partial charge on any atom is 0.276 e. The van der Waals surface area contributed by atoms with Gasteiger partial charge in [-0.15, -0.1) is 0 Å². The van der Waals surface area contributed by atoms with Crippen molar-refractivity contribution in [1.29, 1.82) is 0 Å². The van der Waals surface area contributed by atoms with Crippen molar-refractivity contribution in [3.8, 4) is 0 Å². The lowest BCUT2D eigenvalue weighted by Gasteiger charge is -2.17. The van der Waals surface area contributed by atoms with Crippen LogP contribution in [0.2, 0.25) is 0 Å². The molecule has 0 unspecified atom stereocenters. The predicted octanol–water partition coefficient (Wildman–Crippen LogP) is 3.95. The van der Waals surface area contributed by atoms with Crippen LogP contribution >= 0.6 is 0 Å². The van der Waals surface area contributed by atoms with Crippen molar-refractivity contribution in [3.05, 3.63) is 22.2 Å². The van der Waals surface area contributed by atoms with Crippen molar-refractivity contribution in [2.24, 2.45) is 0 Å². The van der Waals surface area contributed by atoms with Crippen molar-refractivity contribution < 1.29 is 4.92 Å². The fraction of sp³-hybridized carbons (Fsp3) is 0.667. The fourth-order valence-electron chi connectivity index (χ4n) is 2.67. The summed E-state index contributed by atoms with van der Waals surface area (Å²) in [5.74, 6) is 1.18. The average molecular weight is 292 g/mol. The van der Waals surface area contributed by atoms with E-state index in [1.807, 2.05) is 0 Å². The van der Waals surface area contributed by atoms with E-state index in [4.69, 9.17) is 0 Å². The van der Waals surface area contributed by atoms with Gasteiger partial charge in [-0.1, -0.05) is 32.6 Å². The molecular formula is C15H24N4O2. The molecule has 0 atom stereocenters. The van der Waals surface area contributed by atoms with Crippen molar-refractivity contribution in [2.75, 3.05) is 17.2 Å². The molecule has 0 radical (unpaired) electrons. The molecule has 0 aromatic carbocycles. The molecule has 0 aliphatic heterocycles. The van der Waals surface area contributed by atoms with Crippen LogP contribution in [0.15, 0.2) is 12.1 Å². The Labute approximate surface area is 125 Å². The van der Waals surface area contributed by atoms with Gasteiger partial charge in [0.15, 0.2) is 0 Å². The highest BCUT2D eigenvalue weighted by Gasteiger charge is 2.16. The predicted molar refractivity (Wildman–Crippen MR) is 84.8 cm³/mol. The zero-order valence-electron chi connectivity index (χ0n) is 12.6. The van der Waals surface area contributed by atoms with E-state index in [0.717, 1.165) is 25.8 Å². The number of hydrogen-bond acceptors (Lipinski definition) is 5. The van der Waals surface area contributed by atoms with E-state index >= 15 is 0 Å².